The molecule has 8 heteroatoms. The summed E-state index contributed by atoms with van der Waals surface area (Å²) in [6, 6.07) is 13.4. The van der Waals surface area contributed by atoms with Crippen LogP contribution in [0, 0.1) is 15.5 Å². The van der Waals surface area contributed by atoms with Crippen LogP contribution in [0.1, 0.15) is 32.6 Å². The number of non-ortho nitro benzene ring substituents is 1. The second-order valence-corrected chi connectivity index (χ2v) is 6.62. The van der Waals surface area contributed by atoms with Gasteiger partial charge in [-0.1, -0.05) is 30.3 Å². The molecule has 0 bridgehead atoms. The number of ether oxygens (including phenoxy) is 3. The van der Waals surface area contributed by atoms with Crippen LogP contribution in [0.3, 0.4) is 0 Å². The van der Waals surface area contributed by atoms with Crippen molar-refractivity contribution in [3.63, 3.8) is 0 Å². The Morgan fingerprint density at radius 2 is 1.56 bits per heavy atom. The summed E-state index contributed by atoms with van der Waals surface area (Å²) in [5, 5.41) is 10.6. The number of esters is 1. The number of hydrogen-bond acceptors (Lipinski definition) is 7. The normalized spacial score (nSPS) is 12.0. The van der Waals surface area contributed by atoms with Crippen molar-refractivity contribution in [3.05, 3.63) is 70.3 Å². The van der Waals surface area contributed by atoms with E-state index in [1.165, 1.54) is 24.3 Å². The van der Waals surface area contributed by atoms with Gasteiger partial charge in [0.25, 0.3) is 12.0 Å². The summed E-state index contributed by atoms with van der Waals surface area (Å²) >= 11 is 0. The minimum absolute atomic E-state index is 0.0551. The summed E-state index contributed by atoms with van der Waals surface area (Å²) in [5.74, 6) is -0.501. The summed E-state index contributed by atoms with van der Waals surface area (Å²) in [5.41, 5.74) is -0.480. The van der Waals surface area contributed by atoms with Crippen LogP contribution in [-0.4, -0.2) is 17.0 Å². The summed E-state index contributed by atoms with van der Waals surface area (Å²) in [4.78, 5) is 34.3. The van der Waals surface area contributed by atoms with Crippen molar-refractivity contribution in [1.29, 1.82) is 0 Å². The van der Waals surface area contributed by atoms with E-state index in [4.69, 9.17) is 14.2 Å². The topological polar surface area (TPSA) is 105 Å². The summed E-state index contributed by atoms with van der Waals surface area (Å²) < 4.78 is 15.4. The highest BCUT2D eigenvalue weighted by Crippen LogP contribution is 2.26. The number of nitro benzene ring substituents is 1. The lowest BCUT2D eigenvalue weighted by molar-refractivity contribution is -0.384. The van der Waals surface area contributed by atoms with Gasteiger partial charge >= 0.3 is 12.1 Å². The van der Waals surface area contributed by atoms with Crippen molar-refractivity contribution in [3.8, 4) is 5.75 Å². The maximum Gasteiger partial charge on any atom is 0.517 e. The van der Waals surface area contributed by atoms with Crippen molar-refractivity contribution in [2.45, 2.75) is 27.1 Å². The van der Waals surface area contributed by atoms with E-state index in [9.17, 15) is 19.7 Å². The largest absolute Gasteiger partial charge is 0.517 e. The van der Waals surface area contributed by atoms with Gasteiger partial charge in [0.15, 0.2) is 0 Å². The lowest BCUT2D eigenvalue weighted by atomic mass is 9.97. The molecule has 0 aliphatic carbocycles. The van der Waals surface area contributed by atoms with Crippen LogP contribution < -0.4 is 4.74 Å². The third-order valence-corrected chi connectivity index (χ3v) is 3.35. The molecule has 0 radical (unpaired) electrons. The van der Waals surface area contributed by atoms with E-state index in [1.807, 2.05) is 0 Å². The van der Waals surface area contributed by atoms with Crippen molar-refractivity contribution >= 4 is 17.8 Å². The van der Waals surface area contributed by atoms with Crippen LogP contribution in [0.15, 0.2) is 54.6 Å². The number of nitro groups is 1. The molecular formula is C19H19NO7. The highest BCUT2D eigenvalue weighted by Gasteiger charge is 2.29. The zero-order valence-corrected chi connectivity index (χ0v) is 15.1. The molecular weight excluding hydrogens is 354 g/mol. The van der Waals surface area contributed by atoms with Crippen LogP contribution in [0.5, 0.6) is 5.75 Å². The molecule has 0 saturated carbocycles. The molecule has 0 aliphatic heterocycles. The molecule has 1 atom stereocenters. The smallest absolute Gasteiger partial charge is 0.420 e. The van der Waals surface area contributed by atoms with E-state index in [2.05, 4.69) is 0 Å². The first-order chi connectivity index (χ1) is 12.7. The number of rotatable bonds is 5. The fourth-order valence-electron chi connectivity index (χ4n) is 1.89. The molecule has 1 unspecified atom stereocenters. The highest BCUT2D eigenvalue weighted by molar-refractivity contribution is 5.75. The zero-order valence-electron chi connectivity index (χ0n) is 15.1. The van der Waals surface area contributed by atoms with Gasteiger partial charge in [-0.25, -0.2) is 4.79 Å². The molecule has 0 saturated heterocycles. The highest BCUT2D eigenvalue weighted by atomic mass is 16.8. The molecule has 2 aromatic rings. The Hall–Kier alpha value is -3.42. The monoisotopic (exact) mass is 373 g/mol. The van der Waals surface area contributed by atoms with E-state index in [1.54, 1.807) is 51.1 Å². The minimum Gasteiger partial charge on any atom is -0.420 e. The van der Waals surface area contributed by atoms with Crippen molar-refractivity contribution in [1.82, 2.24) is 0 Å². The molecule has 0 N–H and O–H groups in total. The van der Waals surface area contributed by atoms with E-state index in [0.29, 0.717) is 5.56 Å². The number of hydrogen-bond donors (Lipinski definition) is 0. The van der Waals surface area contributed by atoms with Gasteiger partial charge in [0.05, 0.1) is 10.3 Å². The molecule has 0 heterocycles. The van der Waals surface area contributed by atoms with Gasteiger partial charge in [-0.15, -0.1) is 0 Å². The Morgan fingerprint density at radius 1 is 0.963 bits per heavy atom. The van der Waals surface area contributed by atoms with Crippen LogP contribution in [0.25, 0.3) is 0 Å². The van der Waals surface area contributed by atoms with Gasteiger partial charge in [0, 0.05) is 17.7 Å². The van der Waals surface area contributed by atoms with Gasteiger partial charge in [-0.3, -0.25) is 14.9 Å². The lowest BCUT2D eigenvalue weighted by Gasteiger charge is -2.23. The molecule has 0 amide bonds. The molecule has 0 spiro atoms. The average molecular weight is 373 g/mol. The third kappa shape index (κ3) is 5.81. The maximum atomic E-state index is 12.2. The molecule has 142 valence electrons. The summed E-state index contributed by atoms with van der Waals surface area (Å²) in [6.45, 7) is 5.02. The van der Waals surface area contributed by atoms with Crippen LogP contribution in [0.2, 0.25) is 0 Å². The Balaban J connectivity index is 2.10. The zero-order chi connectivity index (χ0) is 20.0. The Bertz CT molecular complexity index is 810. The van der Waals surface area contributed by atoms with Crippen molar-refractivity contribution in [2.75, 3.05) is 0 Å². The average Bonchev–Trinajstić information content (AvgIpc) is 2.61. The Morgan fingerprint density at radius 3 is 2.07 bits per heavy atom. The molecule has 0 aromatic heterocycles. The molecule has 2 aromatic carbocycles. The number of carbonyl (C=O) groups is 2. The van der Waals surface area contributed by atoms with E-state index >= 15 is 0 Å². The van der Waals surface area contributed by atoms with Crippen LogP contribution in [-0.2, 0) is 14.3 Å². The maximum absolute atomic E-state index is 12.2. The second kappa shape index (κ2) is 8.31. The van der Waals surface area contributed by atoms with E-state index in [-0.39, 0.29) is 11.4 Å². The predicted octanol–water partition coefficient (Wildman–Crippen LogP) is 4.40. The minimum atomic E-state index is -1.29. The van der Waals surface area contributed by atoms with E-state index in [0.717, 1.165) is 0 Å². The molecule has 27 heavy (non-hydrogen) atoms. The van der Waals surface area contributed by atoms with Gasteiger partial charge < -0.3 is 14.2 Å². The summed E-state index contributed by atoms with van der Waals surface area (Å²) in [6.07, 6.45) is -2.40. The Labute approximate surface area is 155 Å². The van der Waals surface area contributed by atoms with Crippen molar-refractivity contribution < 1.29 is 28.7 Å². The van der Waals surface area contributed by atoms with E-state index < -0.39 is 28.8 Å². The first-order valence-electron chi connectivity index (χ1n) is 8.06. The SMILES string of the molecule is CC(C)(C)C(=O)OC(OC(=O)Oc1ccc([N+](=O)[O-])cc1)c1ccccc1. The first kappa shape index (κ1) is 19.9. The molecule has 2 rings (SSSR count). The fraction of sp³-hybridized carbons (Fsp3) is 0.263. The standard InChI is InChI=1S/C19H19NO7/c1-19(2,3)17(21)26-16(13-7-5-4-6-8-13)27-18(22)25-15-11-9-14(10-12-15)20(23)24/h4-12,16H,1-3H3. The van der Waals surface area contributed by atoms with Gasteiger partial charge in [-0.05, 0) is 32.9 Å². The first-order valence-corrected chi connectivity index (χ1v) is 8.06. The molecule has 8 nitrogen and oxygen atoms in total. The predicted molar refractivity (Wildman–Crippen MR) is 94.9 cm³/mol. The molecule has 0 aliphatic rings. The van der Waals surface area contributed by atoms with Crippen LogP contribution >= 0.6 is 0 Å². The lowest BCUT2D eigenvalue weighted by Crippen LogP contribution is -2.27. The number of nitrogens with zero attached hydrogens (tertiary/aromatic N) is 1. The van der Waals surface area contributed by atoms with Gasteiger partial charge in [0.1, 0.15) is 5.75 Å². The van der Waals surface area contributed by atoms with Crippen LogP contribution in [0.4, 0.5) is 10.5 Å². The van der Waals surface area contributed by atoms with Crippen molar-refractivity contribution in [2.24, 2.45) is 5.41 Å². The van der Waals surface area contributed by atoms with Gasteiger partial charge in [-0.2, -0.15) is 0 Å². The summed E-state index contributed by atoms with van der Waals surface area (Å²) in [7, 11) is 0. The number of carbonyl (C=O) groups excluding carboxylic acids is 2. The third-order valence-electron chi connectivity index (χ3n) is 3.35. The van der Waals surface area contributed by atoms with Gasteiger partial charge in [0.2, 0.25) is 0 Å². The Kier molecular flexibility index (Phi) is 6.12. The second-order valence-electron chi connectivity index (χ2n) is 6.62. The molecule has 0 fully saturated rings. The fourth-order valence-corrected chi connectivity index (χ4v) is 1.89. The quantitative estimate of drug-likeness (QED) is 0.251. The number of benzene rings is 2.